The molecular weight excluding hydrogens is 228 g/mol. The van der Waals surface area contributed by atoms with Crippen molar-refractivity contribution in [1.82, 2.24) is 9.80 Å². The highest BCUT2D eigenvalue weighted by molar-refractivity contribution is 5.78. The fourth-order valence-corrected chi connectivity index (χ4v) is 2.54. The molecule has 0 atom stereocenters. The van der Waals surface area contributed by atoms with Gasteiger partial charge in [0.2, 0.25) is 5.91 Å². The van der Waals surface area contributed by atoms with Gasteiger partial charge in [-0.1, -0.05) is 19.3 Å². The largest absolute Gasteiger partial charge is 0.389 e. The van der Waals surface area contributed by atoms with Crippen LogP contribution in [0.1, 0.15) is 46.0 Å². The Hall–Kier alpha value is -0.610. The Balaban J connectivity index is 2.37. The number of hydrogen-bond acceptors (Lipinski definition) is 3. The van der Waals surface area contributed by atoms with Crippen molar-refractivity contribution in [2.75, 3.05) is 33.2 Å². The van der Waals surface area contributed by atoms with Crippen LogP contribution >= 0.6 is 0 Å². The lowest BCUT2D eigenvalue weighted by Gasteiger charge is -2.29. The van der Waals surface area contributed by atoms with Crippen LogP contribution in [-0.4, -0.2) is 59.6 Å². The van der Waals surface area contributed by atoms with Gasteiger partial charge in [0.25, 0.3) is 0 Å². The third-order valence-electron chi connectivity index (χ3n) is 3.27. The molecule has 0 aromatic carbocycles. The lowest BCUT2D eigenvalue weighted by atomic mass is 10.1. The highest BCUT2D eigenvalue weighted by Crippen LogP contribution is 2.11. The van der Waals surface area contributed by atoms with Crippen LogP contribution in [0.2, 0.25) is 0 Å². The molecule has 1 aliphatic rings. The molecule has 4 heteroatoms. The van der Waals surface area contributed by atoms with Crippen LogP contribution < -0.4 is 0 Å². The summed E-state index contributed by atoms with van der Waals surface area (Å²) in [5.41, 5.74) is -0.745. The number of aliphatic hydroxyl groups is 1. The first-order chi connectivity index (χ1) is 8.38. The van der Waals surface area contributed by atoms with Crippen molar-refractivity contribution in [3.63, 3.8) is 0 Å². The number of hydrogen-bond donors (Lipinski definition) is 1. The zero-order valence-electron chi connectivity index (χ0n) is 12.1. The molecule has 1 aliphatic heterocycles. The van der Waals surface area contributed by atoms with Gasteiger partial charge >= 0.3 is 0 Å². The van der Waals surface area contributed by atoms with Gasteiger partial charge in [-0.25, -0.2) is 0 Å². The lowest BCUT2D eigenvalue weighted by Crippen LogP contribution is -2.44. The lowest BCUT2D eigenvalue weighted by molar-refractivity contribution is -0.133. The van der Waals surface area contributed by atoms with Gasteiger partial charge in [-0.3, -0.25) is 9.69 Å². The predicted octanol–water partition coefficient (Wildman–Crippen LogP) is 1.48. The van der Waals surface area contributed by atoms with E-state index in [1.807, 2.05) is 16.8 Å². The summed E-state index contributed by atoms with van der Waals surface area (Å²) in [6.45, 7) is 6.26. The highest BCUT2D eigenvalue weighted by Gasteiger charge is 2.20. The zero-order chi connectivity index (χ0) is 13.6. The molecule has 0 aliphatic carbocycles. The van der Waals surface area contributed by atoms with E-state index in [4.69, 9.17) is 0 Å². The van der Waals surface area contributed by atoms with Crippen molar-refractivity contribution in [1.29, 1.82) is 0 Å². The number of likely N-dealkylation sites (N-methyl/N-ethyl adjacent to an activating group) is 1. The van der Waals surface area contributed by atoms with Crippen LogP contribution in [0, 0.1) is 0 Å². The van der Waals surface area contributed by atoms with Gasteiger partial charge in [-0.15, -0.1) is 0 Å². The molecule has 1 N–H and O–H groups in total. The monoisotopic (exact) mass is 256 g/mol. The molecule has 0 bridgehead atoms. The molecule has 0 aromatic heterocycles. The molecule has 1 heterocycles. The van der Waals surface area contributed by atoms with E-state index in [9.17, 15) is 9.90 Å². The highest BCUT2D eigenvalue weighted by atomic mass is 16.3. The van der Waals surface area contributed by atoms with Crippen LogP contribution in [0.3, 0.4) is 0 Å². The van der Waals surface area contributed by atoms with E-state index < -0.39 is 5.60 Å². The minimum absolute atomic E-state index is 0.198. The van der Waals surface area contributed by atoms with Gasteiger partial charge in [0.15, 0.2) is 0 Å². The number of likely N-dealkylation sites (tertiary alicyclic amines) is 1. The molecule has 1 amide bonds. The van der Waals surface area contributed by atoms with Crippen molar-refractivity contribution < 1.29 is 9.90 Å². The normalized spacial score (nSPS) is 18.6. The van der Waals surface area contributed by atoms with Gasteiger partial charge in [-0.2, -0.15) is 0 Å². The predicted molar refractivity (Wildman–Crippen MR) is 73.5 cm³/mol. The second-order valence-corrected chi connectivity index (χ2v) is 6.13. The molecule has 4 nitrogen and oxygen atoms in total. The zero-order valence-corrected chi connectivity index (χ0v) is 12.1. The molecule has 18 heavy (non-hydrogen) atoms. The number of carbonyl (C=O) groups is 1. The summed E-state index contributed by atoms with van der Waals surface area (Å²) in [6, 6.07) is 0. The summed E-state index contributed by atoms with van der Waals surface area (Å²) in [4.78, 5) is 16.1. The molecule has 0 aromatic rings. The summed E-state index contributed by atoms with van der Waals surface area (Å²) >= 11 is 0. The quantitative estimate of drug-likeness (QED) is 0.828. The van der Waals surface area contributed by atoms with Gasteiger partial charge in [-0.05, 0) is 33.7 Å². The first-order valence-corrected chi connectivity index (χ1v) is 7.07. The molecule has 0 saturated carbocycles. The van der Waals surface area contributed by atoms with Gasteiger partial charge in [0.1, 0.15) is 0 Å². The molecule has 0 spiro atoms. The van der Waals surface area contributed by atoms with Crippen LogP contribution in [0.15, 0.2) is 0 Å². The number of amides is 1. The van der Waals surface area contributed by atoms with Crippen molar-refractivity contribution >= 4 is 5.91 Å². The SMILES string of the molecule is CN(CC(=O)N1CCCCCCC1)CC(C)(C)O. The number of rotatable bonds is 4. The summed E-state index contributed by atoms with van der Waals surface area (Å²) in [7, 11) is 1.89. The van der Waals surface area contributed by atoms with Crippen molar-refractivity contribution in [3.05, 3.63) is 0 Å². The minimum atomic E-state index is -0.745. The Morgan fingerprint density at radius 1 is 1.17 bits per heavy atom. The Labute approximate surface area is 111 Å². The molecule has 0 unspecified atom stereocenters. The average Bonchev–Trinajstić information content (AvgIpc) is 2.12. The maximum Gasteiger partial charge on any atom is 0.236 e. The van der Waals surface area contributed by atoms with Crippen molar-refractivity contribution in [3.8, 4) is 0 Å². The van der Waals surface area contributed by atoms with Gasteiger partial charge in [0.05, 0.1) is 12.1 Å². The second kappa shape index (κ2) is 7.10. The molecule has 106 valence electrons. The molecule has 1 fully saturated rings. The standard InChI is InChI=1S/C14H28N2O2/c1-14(2,18)12-15(3)11-13(17)16-9-7-5-4-6-8-10-16/h18H,4-12H2,1-3H3. The average molecular weight is 256 g/mol. The molecule has 1 saturated heterocycles. The summed E-state index contributed by atoms with van der Waals surface area (Å²) in [6.07, 6.45) is 6.04. The molecular formula is C14H28N2O2. The Morgan fingerprint density at radius 3 is 2.17 bits per heavy atom. The van der Waals surface area contributed by atoms with Crippen LogP contribution in [0.25, 0.3) is 0 Å². The van der Waals surface area contributed by atoms with Crippen LogP contribution in [0.4, 0.5) is 0 Å². The summed E-state index contributed by atoms with van der Waals surface area (Å²) in [5, 5.41) is 9.73. The maximum absolute atomic E-state index is 12.2. The minimum Gasteiger partial charge on any atom is -0.389 e. The van der Waals surface area contributed by atoms with E-state index in [1.165, 1.54) is 19.3 Å². The van der Waals surface area contributed by atoms with E-state index in [1.54, 1.807) is 13.8 Å². The fourth-order valence-electron chi connectivity index (χ4n) is 2.54. The maximum atomic E-state index is 12.2. The second-order valence-electron chi connectivity index (χ2n) is 6.13. The van der Waals surface area contributed by atoms with Crippen molar-refractivity contribution in [2.24, 2.45) is 0 Å². The third kappa shape index (κ3) is 6.36. The topological polar surface area (TPSA) is 43.8 Å². The van der Waals surface area contributed by atoms with Gasteiger partial charge in [0, 0.05) is 19.6 Å². The Morgan fingerprint density at radius 2 is 1.67 bits per heavy atom. The number of nitrogens with zero attached hydrogens (tertiary/aromatic N) is 2. The van der Waals surface area contributed by atoms with E-state index in [0.29, 0.717) is 13.1 Å². The van der Waals surface area contributed by atoms with Crippen molar-refractivity contribution in [2.45, 2.75) is 51.6 Å². The third-order valence-corrected chi connectivity index (χ3v) is 3.27. The fraction of sp³-hybridized carbons (Fsp3) is 0.929. The van der Waals surface area contributed by atoms with Crippen LogP contribution in [-0.2, 0) is 4.79 Å². The molecule has 0 radical (unpaired) electrons. The van der Waals surface area contributed by atoms with E-state index in [2.05, 4.69) is 0 Å². The molecule has 1 rings (SSSR count). The summed E-state index contributed by atoms with van der Waals surface area (Å²) in [5.74, 6) is 0.198. The van der Waals surface area contributed by atoms with E-state index in [0.717, 1.165) is 25.9 Å². The number of carbonyl (C=O) groups excluding carboxylic acids is 1. The smallest absolute Gasteiger partial charge is 0.236 e. The van der Waals surface area contributed by atoms with E-state index >= 15 is 0 Å². The Kier molecular flexibility index (Phi) is 6.09. The van der Waals surface area contributed by atoms with Gasteiger partial charge < -0.3 is 10.0 Å². The van der Waals surface area contributed by atoms with Crippen LogP contribution in [0.5, 0.6) is 0 Å². The summed E-state index contributed by atoms with van der Waals surface area (Å²) < 4.78 is 0. The Bertz CT molecular complexity index is 253. The van der Waals surface area contributed by atoms with E-state index in [-0.39, 0.29) is 5.91 Å². The first kappa shape index (κ1) is 15.4. The first-order valence-electron chi connectivity index (χ1n) is 7.07.